The van der Waals surface area contributed by atoms with E-state index in [0.717, 1.165) is 25.2 Å². The highest BCUT2D eigenvalue weighted by atomic mass is 32.2. The number of allylic oxidation sites excluding steroid dienone is 1. The molecule has 1 fully saturated rings. The average molecular weight is 464 g/mol. The van der Waals surface area contributed by atoms with Crippen molar-refractivity contribution in [1.29, 1.82) is 5.26 Å². The zero-order chi connectivity index (χ0) is 23.6. The van der Waals surface area contributed by atoms with E-state index in [9.17, 15) is 18.5 Å². The Bertz CT molecular complexity index is 1410. The summed E-state index contributed by atoms with van der Waals surface area (Å²) >= 11 is 0. The highest BCUT2D eigenvalue weighted by Crippen LogP contribution is 2.25. The Morgan fingerprint density at radius 3 is 2.45 bits per heavy atom. The van der Waals surface area contributed by atoms with E-state index in [2.05, 4.69) is 11.8 Å². The van der Waals surface area contributed by atoms with Crippen molar-refractivity contribution in [3.63, 3.8) is 0 Å². The van der Waals surface area contributed by atoms with Crippen LogP contribution in [0.4, 0.5) is 5.82 Å². The summed E-state index contributed by atoms with van der Waals surface area (Å²) in [5, 5.41) is 9.75. The number of hydrogen-bond donors (Lipinski definition) is 0. The van der Waals surface area contributed by atoms with E-state index >= 15 is 0 Å². The first-order valence-electron chi connectivity index (χ1n) is 10.8. The van der Waals surface area contributed by atoms with E-state index in [1.54, 1.807) is 36.5 Å². The van der Waals surface area contributed by atoms with Gasteiger partial charge in [-0.25, -0.2) is 13.4 Å². The molecule has 3 aromatic rings. The molecule has 0 amide bonds. The molecule has 0 N–H and O–H groups in total. The van der Waals surface area contributed by atoms with Crippen molar-refractivity contribution >= 4 is 27.4 Å². The molecule has 0 spiro atoms. The van der Waals surface area contributed by atoms with Crippen LogP contribution in [0, 0.1) is 18.3 Å². The molecule has 1 aromatic carbocycles. The summed E-state index contributed by atoms with van der Waals surface area (Å²) in [5.74, 6) is 0.404. The van der Waals surface area contributed by atoms with Gasteiger partial charge in [0.25, 0.3) is 5.56 Å². The number of aryl methyl sites for hydroxylation is 1. The maximum atomic E-state index is 13.5. The van der Waals surface area contributed by atoms with Crippen molar-refractivity contribution in [3.05, 3.63) is 75.0 Å². The number of benzene rings is 1. The fourth-order valence-corrected chi connectivity index (χ4v) is 5.13. The van der Waals surface area contributed by atoms with Crippen LogP contribution < -0.4 is 10.5 Å². The standard InChI is InChI=1S/C24H25N5O3S/c1-3-27-12-14-28(15-13-27)23-21(24(30)29-11-7-8-18(2)22(29)26-23)16-20(17-25)33(31,32)19-9-5-4-6-10-19/h4-11,16H,3,12-15H2,1-2H3/b20-16+. The second kappa shape index (κ2) is 9.17. The molecule has 3 heterocycles. The zero-order valence-electron chi connectivity index (χ0n) is 18.6. The number of aromatic nitrogens is 2. The smallest absolute Gasteiger partial charge is 0.267 e. The number of rotatable bonds is 5. The highest BCUT2D eigenvalue weighted by Gasteiger charge is 2.26. The number of fused-ring (bicyclic) bond motifs is 1. The van der Waals surface area contributed by atoms with Crippen LogP contribution in [0.5, 0.6) is 0 Å². The van der Waals surface area contributed by atoms with Gasteiger partial charge in [0, 0.05) is 32.4 Å². The van der Waals surface area contributed by atoms with Gasteiger partial charge in [-0.3, -0.25) is 9.20 Å². The predicted octanol–water partition coefficient (Wildman–Crippen LogP) is 2.48. The fourth-order valence-electron chi connectivity index (χ4n) is 3.97. The molecule has 0 aliphatic carbocycles. The molecular formula is C24H25N5O3S. The minimum Gasteiger partial charge on any atom is -0.353 e. The van der Waals surface area contributed by atoms with Gasteiger partial charge < -0.3 is 9.80 Å². The van der Waals surface area contributed by atoms with Crippen molar-refractivity contribution in [1.82, 2.24) is 14.3 Å². The van der Waals surface area contributed by atoms with Gasteiger partial charge in [-0.15, -0.1) is 0 Å². The average Bonchev–Trinajstić information content (AvgIpc) is 2.84. The Morgan fingerprint density at radius 1 is 1.12 bits per heavy atom. The van der Waals surface area contributed by atoms with Crippen LogP contribution in [0.3, 0.4) is 0 Å². The van der Waals surface area contributed by atoms with Gasteiger partial charge in [-0.1, -0.05) is 31.2 Å². The van der Waals surface area contributed by atoms with E-state index in [1.807, 2.05) is 17.9 Å². The quantitative estimate of drug-likeness (QED) is 0.536. The lowest BCUT2D eigenvalue weighted by atomic mass is 10.2. The molecule has 0 atom stereocenters. The molecule has 4 rings (SSSR count). The van der Waals surface area contributed by atoms with Gasteiger partial charge in [0.05, 0.1) is 10.5 Å². The maximum Gasteiger partial charge on any atom is 0.267 e. The first-order chi connectivity index (χ1) is 15.9. The minimum absolute atomic E-state index is 0.000560. The van der Waals surface area contributed by atoms with Crippen LogP contribution in [-0.4, -0.2) is 55.4 Å². The lowest BCUT2D eigenvalue weighted by molar-refractivity contribution is 0.270. The van der Waals surface area contributed by atoms with E-state index in [1.165, 1.54) is 22.6 Å². The highest BCUT2D eigenvalue weighted by molar-refractivity contribution is 7.95. The number of nitrogens with zero attached hydrogens (tertiary/aromatic N) is 5. The predicted molar refractivity (Wildman–Crippen MR) is 128 cm³/mol. The number of anilines is 1. The Kier molecular flexibility index (Phi) is 6.31. The molecule has 0 bridgehead atoms. The Hall–Kier alpha value is -3.48. The molecule has 8 nitrogen and oxygen atoms in total. The third kappa shape index (κ3) is 4.27. The van der Waals surface area contributed by atoms with Crippen molar-refractivity contribution in [2.45, 2.75) is 18.7 Å². The molecule has 33 heavy (non-hydrogen) atoms. The van der Waals surface area contributed by atoms with Gasteiger partial charge in [-0.2, -0.15) is 5.26 Å². The lowest BCUT2D eigenvalue weighted by Gasteiger charge is -2.35. The Morgan fingerprint density at radius 2 is 1.82 bits per heavy atom. The zero-order valence-corrected chi connectivity index (χ0v) is 19.4. The van der Waals surface area contributed by atoms with Crippen LogP contribution in [0.25, 0.3) is 11.7 Å². The van der Waals surface area contributed by atoms with Crippen LogP contribution in [0.2, 0.25) is 0 Å². The first-order valence-corrected chi connectivity index (χ1v) is 12.3. The van der Waals surface area contributed by atoms with Crippen molar-refractivity contribution in [2.24, 2.45) is 0 Å². The Balaban J connectivity index is 1.93. The monoisotopic (exact) mass is 463 g/mol. The topological polar surface area (TPSA) is 98.8 Å². The summed E-state index contributed by atoms with van der Waals surface area (Å²) in [4.78, 5) is 22.1. The second-order valence-corrected chi connectivity index (χ2v) is 9.82. The SMILES string of the molecule is CCN1CCN(c2nc3c(C)cccn3c(=O)c2/C=C(\C#N)S(=O)(=O)c2ccccc2)CC1. The number of piperazine rings is 1. The van der Waals surface area contributed by atoms with Crippen molar-refractivity contribution < 1.29 is 8.42 Å². The summed E-state index contributed by atoms with van der Waals surface area (Å²) < 4.78 is 27.7. The number of pyridine rings is 1. The van der Waals surface area contributed by atoms with Crippen LogP contribution >= 0.6 is 0 Å². The number of hydrogen-bond acceptors (Lipinski definition) is 7. The van der Waals surface area contributed by atoms with Gasteiger partial charge in [-0.05, 0) is 43.3 Å². The van der Waals surface area contributed by atoms with Crippen molar-refractivity contribution in [3.8, 4) is 6.07 Å². The fraction of sp³-hybridized carbons (Fsp3) is 0.292. The molecule has 9 heteroatoms. The summed E-state index contributed by atoms with van der Waals surface area (Å²) in [6.45, 7) is 7.82. The summed E-state index contributed by atoms with van der Waals surface area (Å²) in [5.41, 5.74) is 1.03. The molecule has 0 unspecified atom stereocenters. The molecule has 2 aromatic heterocycles. The Labute approximate surface area is 192 Å². The first kappa shape index (κ1) is 22.7. The third-order valence-corrected chi connectivity index (χ3v) is 7.59. The maximum absolute atomic E-state index is 13.5. The van der Waals surface area contributed by atoms with Gasteiger partial charge in [0.15, 0.2) is 0 Å². The van der Waals surface area contributed by atoms with Gasteiger partial charge in [0.1, 0.15) is 22.4 Å². The molecule has 0 radical (unpaired) electrons. The number of likely N-dealkylation sites (N-methyl/N-ethyl adjacent to an activating group) is 1. The third-order valence-electron chi connectivity index (χ3n) is 5.91. The van der Waals surface area contributed by atoms with E-state index in [-0.39, 0.29) is 10.5 Å². The van der Waals surface area contributed by atoms with E-state index < -0.39 is 20.3 Å². The molecular weight excluding hydrogens is 438 g/mol. The summed E-state index contributed by atoms with van der Waals surface area (Å²) in [7, 11) is -4.09. The number of nitriles is 1. The summed E-state index contributed by atoms with van der Waals surface area (Å²) in [6.07, 6.45) is 2.78. The lowest BCUT2D eigenvalue weighted by Crippen LogP contribution is -2.47. The van der Waals surface area contributed by atoms with Crippen LogP contribution in [-0.2, 0) is 9.84 Å². The second-order valence-electron chi connectivity index (χ2n) is 7.90. The van der Waals surface area contributed by atoms with Crippen LogP contribution in [0.1, 0.15) is 18.1 Å². The van der Waals surface area contributed by atoms with Crippen molar-refractivity contribution in [2.75, 3.05) is 37.6 Å². The van der Waals surface area contributed by atoms with Gasteiger partial charge in [0.2, 0.25) is 9.84 Å². The van der Waals surface area contributed by atoms with E-state index in [4.69, 9.17) is 4.98 Å². The normalized spacial score (nSPS) is 15.5. The molecule has 1 saturated heterocycles. The minimum atomic E-state index is -4.09. The molecule has 1 aliphatic rings. The van der Waals surface area contributed by atoms with E-state index in [0.29, 0.717) is 24.6 Å². The largest absolute Gasteiger partial charge is 0.353 e. The number of sulfone groups is 1. The molecule has 1 aliphatic heterocycles. The molecule has 170 valence electrons. The van der Waals surface area contributed by atoms with Gasteiger partial charge >= 0.3 is 0 Å². The summed E-state index contributed by atoms with van der Waals surface area (Å²) in [6, 6.07) is 13.2. The van der Waals surface area contributed by atoms with Crippen LogP contribution in [0.15, 0.2) is 63.3 Å². The molecule has 0 saturated carbocycles.